The predicted octanol–water partition coefficient (Wildman–Crippen LogP) is 3.84. The van der Waals surface area contributed by atoms with Crippen LogP contribution in [-0.2, 0) is 0 Å². The normalized spacial score (nSPS) is 9.43. The minimum atomic E-state index is -1.93. The van der Waals surface area contributed by atoms with Gasteiger partial charge in [0.15, 0.2) is 0 Å². The van der Waals surface area contributed by atoms with Gasteiger partial charge < -0.3 is 0 Å². The summed E-state index contributed by atoms with van der Waals surface area (Å²) in [6.45, 7) is 5.00. The smallest absolute Gasteiger partial charge is 0.0564 e. The molecule has 1 radical (unpaired) electrons. The Morgan fingerprint density at radius 2 is 1.00 bits per heavy atom. The van der Waals surface area contributed by atoms with Crippen molar-refractivity contribution in [3.05, 3.63) is 6.92 Å². The molecule has 0 aromatic carbocycles. The summed E-state index contributed by atoms with van der Waals surface area (Å²) >= 11 is 13.3. The van der Waals surface area contributed by atoms with Gasteiger partial charge in [-0.05, 0) is 0 Å². The van der Waals surface area contributed by atoms with Crippen LogP contribution in [0.15, 0.2) is 0 Å². The number of hydrogen-bond donors (Lipinski definition) is 0. The fraction of sp³-hybridized carbons (Fsp3) is 0.500. The molecule has 0 aromatic rings. The molecule has 45 valence electrons. The standard InChI is InChI=1S/C2H5.4BrH.Sn/c1-2;;;;;/h1H2,2H3;4*1H;/q;;;;;+4/p-4. The summed E-state index contributed by atoms with van der Waals surface area (Å²) < 4.78 is 0. The van der Waals surface area contributed by atoms with E-state index in [4.69, 9.17) is 0 Å². The van der Waals surface area contributed by atoms with Crippen molar-refractivity contribution >= 4 is 60.3 Å². The van der Waals surface area contributed by atoms with Crippen LogP contribution in [0.5, 0.6) is 0 Å². The van der Waals surface area contributed by atoms with Gasteiger partial charge in [0.25, 0.3) is 0 Å². The summed E-state index contributed by atoms with van der Waals surface area (Å²) in [5, 5.41) is 0. The Hall–Kier alpha value is 2.72. The van der Waals surface area contributed by atoms with Gasteiger partial charge in [0.1, 0.15) is 0 Å². The van der Waals surface area contributed by atoms with E-state index in [9.17, 15) is 0 Å². The zero-order valence-electron chi connectivity index (χ0n) is 3.72. The summed E-state index contributed by atoms with van der Waals surface area (Å²) in [6, 6.07) is 0. The molecule has 0 N–H and O–H groups in total. The SMILES string of the molecule is [Br][Sn]([Br])([Br])[Br].[CH2]C. The van der Waals surface area contributed by atoms with Crippen molar-refractivity contribution in [2.75, 3.05) is 0 Å². The summed E-state index contributed by atoms with van der Waals surface area (Å²) in [4.78, 5) is 0. The van der Waals surface area contributed by atoms with E-state index in [0.29, 0.717) is 0 Å². The largest absolute Gasteiger partial charge is 0.0654 e. The second kappa shape index (κ2) is 6.83. The van der Waals surface area contributed by atoms with Gasteiger partial charge in [-0.25, -0.2) is 0 Å². The first kappa shape index (κ1) is 12.4. The third kappa shape index (κ3) is 53.2. The van der Waals surface area contributed by atoms with Crippen LogP contribution in [-0.4, -0.2) is 9.49 Å². The Labute approximate surface area is 72.7 Å². The first-order valence-electron chi connectivity index (χ1n) is 1.46. The van der Waals surface area contributed by atoms with Crippen LogP contribution < -0.4 is 0 Å². The van der Waals surface area contributed by atoms with Crippen molar-refractivity contribution in [3.63, 3.8) is 0 Å². The molecule has 0 fully saturated rings. The van der Waals surface area contributed by atoms with Crippen molar-refractivity contribution in [1.82, 2.24) is 0 Å². The predicted molar refractivity (Wildman–Crippen MR) is 52.5 cm³/mol. The molecule has 0 saturated heterocycles. The minimum absolute atomic E-state index is 1.75. The molecule has 0 rings (SSSR count). The summed E-state index contributed by atoms with van der Waals surface area (Å²) in [6.07, 6.45) is 0. The number of hydrogen-bond acceptors (Lipinski definition) is 0. The van der Waals surface area contributed by atoms with Crippen molar-refractivity contribution in [2.24, 2.45) is 0 Å². The van der Waals surface area contributed by atoms with Crippen LogP contribution in [0.1, 0.15) is 6.92 Å². The molecule has 0 spiro atoms. The molecule has 5 heteroatoms. The maximum Gasteiger partial charge on any atom is -0.0564 e. The molecule has 0 heterocycles. The molecule has 0 aromatic heterocycles. The molecule has 0 aliphatic rings. The third-order valence-corrected chi connectivity index (χ3v) is 0. The van der Waals surface area contributed by atoms with E-state index in [1.54, 1.807) is 6.92 Å². The monoisotopic (exact) mass is 465 g/mol. The molecular weight excluding hydrogens is 462 g/mol. The van der Waals surface area contributed by atoms with Crippen LogP contribution in [0.4, 0.5) is 0 Å². The third-order valence-electron chi connectivity index (χ3n) is 0. The maximum absolute atomic E-state index is 3.34. The zero-order valence-corrected chi connectivity index (χ0v) is 12.9. The maximum atomic E-state index is 3.34. The average molecular weight is 467 g/mol. The van der Waals surface area contributed by atoms with E-state index in [0.717, 1.165) is 0 Å². The van der Waals surface area contributed by atoms with Crippen molar-refractivity contribution in [3.8, 4) is 0 Å². The molecule has 0 saturated carbocycles. The van der Waals surface area contributed by atoms with Gasteiger partial charge in [0, 0.05) is 0 Å². The van der Waals surface area contributed by atoms with Crippen molar-refractivity contribution in [2.45, 2.75) is 6.92 Å². The Kier molecular flexibility index (Phi) is 12.1. The molecule has 0 bridgehead atoms. The summed E-state index contributed by atoms with van der Waals surface area (Å²) in [5.41, 5.74) is 0. The Bertz CT molecular complexity index is 25.2. The molecule has 0 atom stereocenters. The first-order chi connectivity index (χ1) is 3.00. The number of rotatable bonds is 0. The van der Waals surface area contributed by atoms with Crippen LogP contribution in [0.2, 0.25) is 0 Å². The van der Waals surface area contributed by atoms with Gasteiger partial charge in [-0.1, -0.05) is 13.8 Å². The van der Waals surface area contributed by atoms with Gasteiger partial charge >= 0.3 is 60.3 Å². The van der Waals surface area contributed by atoms with E-state index in [-0.39, 0.29) is 0 Å². The minimum Gasteiger partial charge on any atom is -0.0654 e. The molecule has 0 unspecified atom stereocenters. The van der Waals surface area contributed by atoms with E-state index < -0.39 is 9.49 Å². The summed E-state index contributed by atoms with van der Waals surface area (Å²) in [5.74, 6) is 0. The molecule has 0 aliphatic heterocycles. The fourth-order valence-electron chi connectivity index (χ4n) is 0. The second-order valence-electron chi connectivity index (χ2n) is 0.429. The fourth-order valence-corrected chi connectivity index (χ4v) is 0. The van der Waals surface area contributed by atoms with E-state index in [2.05, 4.69) is 57.7 Å². The van der Waals surface area contributed by atoms with Gasteiger partial charge in [-0.3, -0.25) is 0 Å². The van der Waals surface area contributed by atoms with E-state index in [1.165, 1.54) is 0 Å². The average Bonchev–Trinajstić information content (AvgIpc) is 1.36. The second-order valence-corrected chi connectivity index (χ2v) is 77.6. The van der Waals surface area contributed by atoms with E-state index in [1.807, 2.05) is 0 Å². The Morgan fingerprint density at radius 1 is 1.00 bits per heavy atom. The van der Waals surface area contributed by atoms with Gasteiger partial charge in [0.05, 0.1) is 0 Å². The molecule has 0 nitrogen and oxygen atoms in total. The summed E-state index contributed by atoms with van der Waals surface area (Å²) in [7, 11) is -1.93. The quantitative estimate of drug-likeness (QED) is 0.475. The van der Waals surface area contributed by atoms with Crippen LogP contribution in [0.25, 0.3) is 0 Å². The molecule has 7 heavy (non-hydrogen) atoms. The molecular formula is C2H5Br4Sn. The van der Waals surface area contributed by atoms with Gasteiger partial charge in [-0.15, -0.1) is 0 Å². The van der Waals surface area contributed by atoms with Crippen LogP contribution in [0, 0.1) is 6.92 Å². The van der Waals surface area contributed by atoms with Crippen molar-refractivity contribution < 1.29 is 0 Å². The first-order valence-corrected chi connectivity index (χ1v) is 27.1. The van der Waals surface area contributed by atoms with Crippen LogP contribution >= 0.6 is 50.8 Å². The van der Waals surface area contributed by atoms with Gasteiger partial charge in [-0.2, -0.15) is 0 Å². The topological polar surface area (TPSA) is 0 Å². The zero-order chi connectivity index (χ0) is 6.50. The van der Waals surface area contributed by atoms with Crippen molar-refractivity contribution in [1.29, 1.82) is 0 Å². The van der Waals surface area contributed by atoms with Gasteiger partial charge in [0.2, 0.25) is 0 Å². The number of halogens is 4. The Morgan fingerprint density at radius 3 is 1.00 bits per heavy atom. The van der Waals surface area contributed by atoms with Crippen LogP contribution in [0.3, 0.4) is 0 Å². The molecule has 0 aliphatic carbocycles. The Balaban J connectivity index is 0. The van der Waals surface area contributed by atoms with E-state index >= 15 is 0 Å². The molecule has 0 amide bonds.